The lowest BCUT2D eigenvalue weighted by molar-refractivity contribution is -0.138. The maximum absolute atomic E-state index is 11.2. The second kappa shape index (κ2) is 9.11. The Hall–Kier alpha value is -0.840. The molecule has 0 bridgehead atoms. The summed E-state index contributed by atoms with van der Waals surface area (Å²) in [6.07, 6.45) is 11.3. The van der Waals surface area contributed by atoms with Crippen molar-refractivity contribution >= 4 is 34.6 Å². The molecule has 160 valence electrons. The molecule has 2 aliphatic carbocycles. The molecule has 2 aliphatic rings. The normalized spacial score (nSPS) is 31.3. The van der Waals surface area contributed by atoms with Crippen LogP contribution in [0.15, 0.2) is 29.8 Å². The van der Waals surface area contributed by atoms with Gasteiger partial charge in [0.1, 0.15) is 0 Å². The van der Waals surface area contributed by atoms with Crippen LogP contribution in [0.3, 0.4) is 0 Å². The van der Waals surface area contributed by atoms with Crippen molar-refractivity contribution in [1.29, 1.82) is 0 Å². The third-order valence-corrected chi connectivity index (χ3v) is 8.65. The fourth-order valence-corrected chi connectivity index (χ4v) is 6.88. The number of carbonyl (C=O) groups is 1. The van der Waals surface area contributed by atoms with Gasteiger partial charge < -0.3 is 5.11 Å². The van der Waals surface area contributed by atoms with Crippen LogP contribution in [0.4, 0.5) is 0 Å². The lowest BCUT2D eigenvalue weighted by Crippen LogP contribution is -2.49. The molecule has 1 N–H and O–H groups in total. The number of carboxylic acids is 1. The monoisotopic (exact) mass is 508 g/mol. The minimum absolute atomic E-state index is 0.243. The highest BCUT2D eigenvalue weighted by Crippen LogP contribution is 2.62. The number of benzene rings is 1. The second-order valence-electron chi connectivity index (χ2n) is 10.5. The van der Waals surface area contributed by atoms with Gasteiger partial charge in [0.2, 0.25) is 0 Å². The molecule has 0 aliphatic heterocycles. The van der Waals surface area contributed by atoms with Crippen molar-refractivity contribution in [2.45, 2.75) is 79.1 Å². The number of allylic oxidation sites excluding steroid dienone is 1. The van der Waals surface area contributed by atoms with Crippen LogP contribution in [-0.4, -0.2) is 11.1 Å². The first-order chi connectivity index (χ1) is 13.6. The Balaban J connectivity index is 1.90. The number of fused-ring (bicyclic) bond motifs is 1. The Morgan fingerprint density at radius 3 is 2.59 bits per heavy atom. The highest BCUT2D eigenvalue weighted by Gasteiger charge is 2.52. The Morgan fingerprint density at radius 2 is 1.93 bits per heavy atom. The van der Waals surface area contributed by atoms with Crippen LogP contribution in [0.2, 0.25) is 0 Å². The first-order valence-electron chi connectivity index (χ1n) is 11.3. The maximum atomic E-state index is 11.2. The topological polar surface area (TPSA) is 37.3 Å². The molecule has 1 unspecified atom stereocenters. The molecule has 4 atom stereocenters. The molecule has 0 heterocycles. The number of halogens is 1. The van der Waals surface area contributed by atoms with Crippen LogP contribution in [0.25, 0.3) is 6.08 Å². The summed E-state index contributed by atoms with van der Waals surface area (Å²) in [5, 5.41) is 9.18. The number of carboxylic acid groups (broad SMARTS) is 1. The Labute approximate surface area is 190 Å². The van der Waals surface area contributed by atoms with Gasteiger partial charge >= 0.3 is 5.97 Å². The number of aliphatic carboxylic acids is 1. The summed E-state index contributed by atoms with van der Waals surface area (Å²) >= 11 is 2.36. The zero-order valence-corrected chi connectivity index (χ0v) is 20.7. The average molecular weight is 508 g/mol. The van der Waals surface area contributed by atoms with Crippen molar-refractivity contribution in [3.8, 4) is 0 Å². The van der Waals surface area contributed by atoms with Crippen molar-refractivity contribution in [1.82, 2.24) is 0 Å². The van der Waals surface area contributed by atoms with Crippen LogP contribution in [0.1, 0.15) is 84.6 Å². The van der Waals surface area contributed by atoms with E-state index in [1.54, 1.807) is 5.57 Å². The lowest BCUT2D eigenvalue weighted by Gasteiger charge is -2.58. The van der Waals surface area contributed by atoms with Gasteiger partial charge in [-0.25, -0.2) is 0 Å². The van der Waals surface area contributed by atoms with E-state index in [1.807, 2.05) is 0 Å². The minimum atomic E-state index is -0.668. The number of hydrogen-bond acceptors (Lipinski definition) is 1. The molecule has 0 radical (unpaired) electrons. The van der Waals surface area contributed by atoms with Crippen LogP contribution in [-0.2, 0) is 4.79 Å². The second-order valence-corrected chi connectivity index (χ2v) is 11.8. The molecule has 0 saturated heterocycles. The van der Waals surface area contributed by atoms with Gasteiger partial charge in [-0.2, -0.15) is 0 Å². The van der Waals surface area contributed by atoms with Gasteiger partial charge in [-0.15, -0.1) is 0 Å². The first-order valence-corrected chi connectivity index (χ1v) is 12.4. The van der Waals surface area contributed by atoms with E-state index in [-0.39, 0.29) is 12.3 Å². The molecule has 2 fully saturated rings. The van der Waals surface area contributed by atoms with Crippen LogP contribution >= 0.6 is 22.6 Å². The van der Waals surface area contributed by atoms with Crippen LogP contribution < -0.4 is 0 Å². The molecule has 0 spiro atoms. The molecule has 3 heteroatoms. The van der Waals surface area contributed by atoms with Crippen molar-refractivity contribution in [3.05, 3.63) is 39.0 Å². The summed E-state index contributed by atoms with van der Waals surface area (Å²) in [6.45, 7) is 9.61. The zero-order chi connectivity index (χ0) is 21.2. The summed E-state index contributed by atoms with van der Waals surface area (Å²) in [5.41, 5.74) is 3.65. The van der Waals surface area contributed by atoms with Crippen LogP contribution in [0, 0.1) is 32.2 Å². The lowest BCUT2D eigenvalue weighted by atomic mass is 9.47. The number of rotatable bonds is 6. The molecule has 2 nitrogen and oxygen atoms in total. The molecule has 1 aromatic rings. The SMILES string of the molecule is CC(CC[C@H]1/C(=C/c2ccc(I)cc2)CC[C@H]2C(C)(C)CCC[C@]12C)CC(=O)O. The smallest absolute Gasteiger partial charge is 0.303 e. The fraction of sp³-hybridized carbons (Fsp3) is 0.654. The average Bonchev–Trinajstić information content (AvgIpc) is 2.61. The van der Waals surface area contributed by atoms with E-state index in [0.29, 0.717) is 16.7 Å². The van der Waals surface area contributed by atoms with E-state index in [2.05, 4.69) is 80.6 Å². The number of hydrogen-bond donors (Lipinski definition) is 1. The molecule has 3 rings (SSSR count). The molecular formula is C26H37IO2. The molecular weight excluding hydrogens is 471 g/mol. The highest BCUT2D eigenvalue weighted by molar-refractivity contribution is 14.1. The zero-order valence-electron chi connectivity index (χ0n) is 18.5. The fourth-order valence-electron chi connectivity index (χ4n) is 6.52. The summed E-state index contributed by atoms with van der Waals surface area (Å²) in [4.78, 5) is 11.2. The van der Waals surface area contributed by atoms with E-state index in [1.165, 1.54) is 41.2 Å². The minimum Gasteiger partial charge on any atom is -0.481 e. The predicted octanol–water partition coefficient (Wildman–Crippen LogP) is 7.81. The van der Waals surface area contributed by atoms with Gasteiger partial charge in [-0.05, 0) is 107 Å². The summed E-state index contributed by atoms with van der Waals surface area (Å²) in [6, 6.07) is 8.85. The van der Waals surface area contributed by atoms with Gasteiger partial charge in [-0.1, -0.05) is 57.9 Å². The quantitative estimate of drug-likeness (QED) is 0.398. The van der Waals surface area contributed by atoms with Crippen molar-refractivity contribution in [2.24, 2.45) is 28.6 Å². The maximum Gasteiger partial charge on any atom is 0.303 e. The Morgan fingerprint density at radius 1 is 1.24 bits per heavy atom. The third-order valence-electron chi connectivity index (χ3n) is 7.93. The highest BCUT2D eigenvalue weighted by atomic mass is 127. The standard InChI is InChI=1S/C26H37IO2/c1-18(16-24(28)29)6-12-22-20(17-19-7-10-21(27)11-8-19)9-13-23-25(2,3)14-5-15-26(22,23)4/h7-8,10-11,17-18,22-23H,5-6,9,12-16H2,1-4H3,(H,28,29)/b20-17+/t18?,22-,23-,26+/m0/s1. The molecule has 2 saturated carbocycles. The first kappa shape index (κ1) is 22.8. The molecule has 0 amide bonds. The van der Waals surface area contributed by atoms with E-state index in [9.17, 15) is 9.90 Å². The predicted molar refractivity (Wildman–Crippen MR) is 130 cm³/mol. The molecule has 0 aromatic heterocycles. The van der Waals surface area contributed by atoms with Gasteiger partial charge in [-0.3, -0.25) is 4.79 Å². The summed E-state index contributed by atoms with van der Waals surface area (Å²) < 4.78 is 1.27. The van der Waals surface area contributed by atoms with E-state index >= 15 is 0 Å². The summed E-state index contributed by atoms with van der Waals surface area (Å²) in [5.74, 6) is 0.903. The van der Waals surface area contributed by atoms with E-state index < -0.39 is 5.97 Å². The van der Waals surface area contributed by atoms with Gasteiger partial charge in [0.15, 0.2) is 0 Å². The van der Waals surface area contributed by atoms with E-state index in [4.69, 9.17) is 0 Å². The summed E-state index contributed by atoms with van der Waals surface area (Å²) in [7, 11) is 0. The van der Waals surface area contributed by atoms with Crippen LogP contribution in [0.5, 0.6) is 0 Å². The van der Waals surface area contributed by atoms with Gasteiger partial charge in [0.25, 0.3) is 0 Å². The largest absolute Gasteiger partial charge is 0.481 e. The Bertz CT molecular complexity index is 748. The molecule has 1 aromatic carbocycles. The Kier molecular flexibility index (Phi) is 7.18. The van der Waals surface area contributed by atoms with Gasteiger partial charge in [0.05, 0.1) is 0 Å². The van der Waals surface area contributed by atoms with Gasteiger partial charge in [0, 0.05) is 9.99 Å². The van der Waals surface area contributed by atoms with E-state index in [0.717, 1.165) is 18.8 Å². The van der Waals surface area contributed by atoms with Crippen molar-refractivity contribution in [3.63, 3.8) is 0 Å². The van der Waals surface area contributed by atoms with Crippen molar-refractivity contribution in [2.75, 3.05) is 0 Å². The van der Waals surface area contributed by atoms with Crippen molar-refractivity contribution < 1.29 is 9.90 Å². The molecule has 29 heavy (non-hydrogen) atoms. The third kappa shape index (κ3) is 5.26.